The third-order valence-corrected chi connectivity index (χ3v) is 7.53. The number of anilines is 1. The molecule has 0 aliphatic heterocycles. The molecule has 1 aromatic heterocycles. The first-order valence-corrected chi connectivity index (χ1v) is 12.2. The van der Waals surface area contributed by atoms with Crippen LogP contribution in [0.15, 0.2) is 64.3 Å². The van der Waals surface area contributed by atoms with Crippen molar-refractivity contribution >= 4 is 21.6 Å². The van der Waals surface area contributed by atoms with E-state index in [1.54, 1.807) is 54.9 Å². The Balaban J connectivity index is 2.02. The van der Waals surface area contributed by atoms with Crippen LogP contribution in [0, 0.1) is 6.92 Å². The third-order valence-electron chi connectivity index (χ3n) is 5.77. The van der Waals surface area contributed by atoms with Gasteiger partial charge in [0.25, 0.3) is 21.5 Å². The van der Waals surface area contributed by atoms with Crippen molar-refractivity contribution in [2.45, 2.75) is 31.6 Å². The molecule has 0 spiro atoms. The van der Waals surface area contributed by atoms with Gasteiger partial charge in [-0.1, -0.05) is 37.6 Å². The van der Waals surface area contributed by atoms with Gasteiger partial charge in [-0.2, -0.15) is 0 Å². The van der Waals surface area contributed by atoms with Crippen LogP contribution in [0.3, 0.4) is 0 Å². The fourth-order valence-electron chi connectivity index (χ4n) is 3.70. The second-order valence-corrected chi connectivity index (χ2v) is 9.96. The Labute approximate surface area is 194 Å². The van der Waals surface area contributed by atoms with Crippen LogP contribution in [-0.2, 0) is 17.1 Å². The van der Waals surface area contributed by atoms with Crippen molar-refractivity contribution in [1.82, 2.24) is 14.3 Å². The van der Waals surface area contributed by atoms with Gasteiger partial charge in [-0.15, -0.1) is 0 Å². The molecule has 1 heterocycles. The molecule has 0 unspecified atom stereocenters. The lowest BCUT2D eigenvalue weighted by atomic mass is 10.2. The number of benzene rings is 2. The van der Waals surface area contributed by atoms with E-state index in [4.69, 9.17) is 0 Å². The normalized spacial score (nSPS) is 11.4. The van der Waals surface area contributed by atoms with Crippen LogP contribution >= 0.6 is 0 Å². The van der Waals surface area contributed by atoms with Crippen LogP contribution in [0.4, 0.5) is 5.69 Å². The fraction of sp³-hybridized carbons (Fsp3) is 0.333. The first kappa shape index (κ1) is 24.3. The van der Waals surface area contributed by atoms with Crippen molar-refractivity contribution in [2.24, 2.45) is 7.05 Å². The molecule has 0 atom stereocenters. The number of para-hydroxylation sites is 1. The van der Waals surface area contributed by atoms with Gasteiger partial charge in [0, 0.05) is 33.3 Å². The van der Waals surface area contributed by atoms with Gasteiger partial charge in [0.1, 0.15) is 5.69 Å². The molecule has 0 fully saturated rings. The minimum absolute atomic E-state index is 0.0475. The van der Waals surface area contributed by atoms with Gasteiger partial charge >= 0.3 is 0 Å². The number of amides is 1. The Bertz CT molecular complexity index is 1310. The summed E-state index contributed by atoms with van der Waals surface area (Å²) in [5.74, 6) is -0.245. The minimum Gasteiger partial charge on any atom is -0.342 e. The van der Waals surface area contributed by atoms with Crippen LogP contribution in [0.5, 0.6) is 0 Å². The lowest BCUT2D eigenvalue weighted by molar-refractivity contribution is 0.0793. The van der Waals surface area contributed by atoms with E-state index in [0.29, 0.717) is 17.9 Å². The number of carbonyl (C=O) groups excluding carboxylic acids is 1. The van der Waals surface area contributed by atoms with E-state index in [1.807, 2.05) is 25.1 Å². The molecule has 3 aromatic rings. The number of hydrogen-bond donors (Lipinski definition) is 0. The Morgan fingerprint density at radius 2 is 1.70 bits per heavy atom. The molecule has 176 valence electrons. The van der Waals surface area contributed by atoms with Gasteiger partial charge < -0.3 is 4.90 Å². The summed E-state index contributed by atoms with van der Waals surface area (Å²) < 4.78 is 31.0. The van der Waals surface area contributed by atoms with E-state index in [2.05, 4.69) is 0 Å². The predicted molar refractivity (Wildman–Crippen MR) is 130 cm³/mol. The number of rotatable bonds is 8. The van der Waals surface area contributed by atoms with E-state index < -0.39 is 15.6 Å². The van der Waals surface area contributed by atoms with Crippen molar-refractivity contribution in [1.29, 1.82) is 0 Å². The third kappa shape index (κ3) is 4.59. The topological polar surface area (TPSA) is 84.6 Å². The van der Waals surface area contributed by atoms with Crippen LogP contribution in [0.1, 0.15) is 35.8 Å². The van der Waals surface area contributed by atoms with Crippen LogP contribution < -0.4 is 9.86 Å². The molecule has 8 nitrogen and oxygen atoms in total. The van der Waals surface area contributed by atoms with Crippen molar-refractivity contribution in [3.8, 4) is 5.69 Å². The summed E-state index contributed by atoms with van der Waals surface area (Å²) in [5, 5.41) is 0. The van der Waals surface area contributed by atoms with Crippen LogP contribution in [0.2, 0.25) is 0 Å². The van der Waals surface area contributed by atoms with Gasteiger partial charge in [-0.25, -0.2) is 13.1 Å². The van der Waals surface area contributed by atoms with Crippen LogP contribution in [0.25, 0.3) is 5.69 Å². The van der Waals surface area contributed by atoms with Gasteiger partial charge in [-0.05, 0) is 43.7 Å². The molecule has 1 amide bonds. The summed E-state index contributed by atoms with van der Waals surface area (Å²) >= 11 is 0. The number of nitrogens with zero attached hydrogens (tertiary/aromatic N) is 4. The first-order chi connectivity index (χ1) is 15.6. The molecule has 33 heavy (non-hydrogen) atoms. The second kappa shape index (κ2) is 9.66. The lowest BCUT2D eigenvalue weighted by Gasteiger charge is -2.20. The summed E-state index contributed by atoms with van der Waals surface area (Å²) in [4.78, 5) is 27.5. The van der Waals surface area contributed by atoms with Crippen molar-refractivity contribution in [2.75, 3.05) is 24.9 Å². The molecule has 0 aliphatic carbocycles. The Kier molecular flexibility index (Phi) is 7.12. The summed E-state index contributed by atoms with van der Waals surface area (Å²) in [6.07, 6.45) is 1.82. The molecule has 0 saturated carbocycles. The molecule has 0 radical (unpaired) electrons. The number of sulfonamides is 1. The van der Waals surface area contributed by atoms with E-state index >= 15 is 0 Å². The highest BCUT2D eigenvalue weighted by Crippen LogP contribution is 2.24. The van der Waals surface area contributed by atoms with Gasteiger partial charge in [0.2, 0.25) is 0 Å². The number of hydrogen-bond acceptors (Lipinski definition) is 4. The molecule has 0 bridgehead atoms. The molecule has 0 N–H and O–H groups in total. The zero-order chi connectivity index (χ0) is 24.3. The maximum Gasteiger partial charge on any atom is 0.296 e. The smallest absolute Gasteiger partial charge is 0.296 e. The number of aromatic nitrogens is 2. The summed E-state index contributed by atoms with van der Waals surface area (Å²) in [5.41, 5.74) is 1.03. The van der Waals surface area contributed by atoms with Crippen molar-refractivity contribution in [3.63, 3.8) is 0 Å². The monoisotopic (exact) mass is 470 g/mol. The maximum absolute atomic E-state index is 13.5. The largest absolute Gasteiger partial charge is 0.342 e. The zero-order valence-corrected chi connectivity index (χ0v) is 20.5. The van der Waals surface area contributed by atoms with E-state index in [9.17, 15) is 18.0 Å². The average Bonchev–Trinajstić information content (AvgIpc) is 3.04. The van der Waals surface area contributed by atoms with Gasteiger partial charge in [-0.3, -0.25) is 18.6 Å². The van der Waals surface area contributed by atoms with Crippen LogP contribution in [-0.4, -0.2) is 49.2 Å². The lowest BCUT2D eigenvalue weighted by Crippen LogP contribution is -2.32. The number of carbonyl (C=O) groups is 1. The molecule has 0 aliphatic rings. The molecule has 0 saturated heterocycles. The maximum atomic E-state index is 13.5. The van der Waals surface area contributed by atoms with Crippen molar-refractivity contribution < 1.29 is 13.2 Å². The molecular weight excluding hydrogens is 440 g/mol. The van der Waals surface area contributed by atoms with Gasteiger partial charge in [0.15, 0.2) is 0 Å². The average molecular weight is 471 g/mol. The highest BCUT2D eigenvalue weighted by atomic mass is 32.2. The van der Waals surface area contributed by atoms with Crippen molar-refractivity contribution in [3.05, 3.63) is 76.2 Å². The zero-order valence-electron chi connectivity index (χ0n) is 19.6. The Morgan fingerprint density at radius 1 is 1.03 bits per heavy atom. The Morgan fingerprint density at radius 3 is 2.33 bits per heavy atom. The highest BCUT2D eigenvalue weighted by molar-refractivity contribution is 7.92. The minimum atomic E-state index is -4.09. The SMILES string of the molecule is CCCCN(C)C(=O)c1cccc(S(=O)(=O)N(C)c2c(C)n(C)n(-c3ccccc3)c2=O)c1. The first-order valence-electron chi connectivity index (χ1n) is 10.8. The molecule has 2 aromatic carbocycles. The molecule has 3 rings (SSSR count). The standard InChI is InChI=1S/C24H30N4O4S/c1-6-7-16-25(3)23(29)19-12-11-15-21(17-19)33(31,32)27(5)22-18(2)26(4)28(24(22)30)20-13-9-8-10-14-20/h8-15,17H,6-7,16H2,1-5H3. The predicted octanol–water partition coefficient (Wildman–Crippen LogP) is 3.18. The van der Waals surface area contributed by atoms with Gasteiger partial charge in [0.05, 0.1) is 16.3 Å². The quantitative estimate of drug-likeness (QED) is 0.506. The summed E-state index contributed by atoms with van der Waals surface area (Å²) in [6, 6.07) is 15.0. The molecule has 9 heteroatoms. The van der Waals surface area contributed by atoms with E-state index in [1.165, 1.54) is 23.9 Å². The van der Waals surface area contributed by atoms with E-state index in [-0.39, 0.29) is 22.1 Å². The Hall–Kier alpha value is -3.33. The highest BCUT2D eigenvalue weighted by Gasteiger charge is 2.29. The van der Waals surface area contributed by atoms with E-state index in [0.717, 1.165) is 17.1 Å². The summed E-state index contributed by atoms with van der Waals surface area (Å²) in [6.45, 7) is 4.33. The second-order valence-electron chi connectivity index (χ2n) is 7.99. The molecular formula is C24H30N4O4S. The summed E-state index contributed by atoms with van der Waals surface area (Å²) in [7, 11) is 0.679. The fourth-order valence-corrected chi connectivity index (χ4v) is 5.00. The number of unbranched alkanes of at least 4 members (excludes halogenated alkanes) is 1.